The van der Waals surface area contributed by atoms with Gasteiger partial charge in [0, 0.05) is 13.2 Å². The van der Waals surface area contributed by atoms with E-state index in [1.165, 1.54) is 6.07 Å². The summed E-state index contributed by atoms with van der Waals surface area (Å²) < 4.78 is 5.44. The van der Waals surface area contributed by atoms with Gasteiger partial charge in [0.25, 0.3) is 5.91 Å². The second-order valence-electron chi connectivity index (χ2n) is 4.55. The summed E-state index contributed by atoms with van der Waals surface area (Å²) in [5, 5.41) is 3.10. The van der Waals surface area contributed by atoms with Crippen molar-refractivity contribution in [3.63, 3.8) is 0 Å². The number of carbonyl (C=O) groups is 1. The van der Waals surface area contributed by atoms with Gasteiger partial charge in [-0.15, -0.1) is 0 Å². The number of aromatic nitrogens is 1. The molecule has 6 nitrogen and oxygen atoms in total. The zero-order valence-corrected chi connectivity index (χ0v) is 11.5. The summed E-state index contributed by atoms with van der Waals surface area (Å²) in [5.41, 5.74) is 11.6. The van der Waals surface area contributed by atoms with Crippen LogP contribution in [-0.2, 0) is 4.74 Å². The molecule has 0 spiro atoms. The highest BCUT2D eigenvalue weighted by Gasteiger charge is 2.06. The van der Waals surface area contributed by atoms with E-state index in [-0.39, 0.29) is 11.8 Å². The first-order valence-electron chi connectivity index (χ1n) is 6.42. The quantitative estimate of drug-likeness (QED) is 0.617. The summed E-state index contributed by atoms with van der Waals surface area (Å²) in [6.45, 7) is 5.49. The minimum Gasteiger partial charge on any atom is -0.396 e. The third-order valence-corrected chi connectivity index (χ3v) is 2.49. The van der Waals surface area contributed by atoms with Crippen molar-refractivity contribution in [2.75, 3.05) is 24.2 Å². The van der Waals surface area contributed by atoms with Gasteiger partial charge in [-0.2, -0.15) is 0 Å². The standard InChI is InChI=1S/C13H22N4O2/c1-9(2)19-8-4-3-7-16-13-10(14)5-6-11(17-13)12(15)18/h5-6,9H,3-4,7-8,14H2,1-2H3,(H2,15,18)(H,16,17). The maximum Gasteiger partial charge on any atom is 0.267 e. The second-order valence-corrected chi connectivity index (χ2v) is 4.55. The van der Waals surface area contributed by atoms with Crippen molar-refractivity contribution in [2.24, 2.45) is 5.73 Å². The number of nitrogens with one attached hydrogen (secondary N) is 1. The lowest BCUT2D eigenvalue weighted by atomic mass is 10.3. The molecule has 0 aliphatic carbocycles. The van der Waals surface area contributed by atoms with Gasteiger partial charge in [-0.1, -0.05) is 0 Å². The molecule has 19 heavy (non-hydrogen) atoms. The largest absolute Gasteiger partial charge is 0.396 e. The molecule has 6 heteroatoms. The van der Waals surface area contributed by atoms with Gasteiger partial charge in [-0.05, 0) is 38.8 Å². The number of anilines is 2. The maximum absolute atomic E-state index is 11.0. The third kappa shape index (κ3) is 5.56. The molecule has 0 unspecified atom stereocenters. The van der Waals surface area contributed by atoms with Crippen LogP contribution in [0.15, 0.2) is 12.1 Å². The summed E-state index contributed by atoms with van der Waals surface area (Å²) in [5.74, 6) is -0.0607. The van der Waals surface area contributed by atoms with Gasteiger partial charge < -0.3 is 21.5 Å². The predicted octanol–water partition coefficient (Wildman–Crippen LogP) is 1.38. The van der Waals surface area contributed by atoms with E-state index in [4.69, 9.17) is 16.2 Å². The highest BCUT2D eigenvalue weighted by molar-refractivity contribution is 5.91. The van der Waals surface area contributed by atoms with E-state index < -0.39 is 5.91 Å². The first-order valence-corrected chi connectivity index (χ1v) is 6.42. The van der Waals surface area contributed by atoms with Crippen LogP contribution in [0.25, 0.3) is 0 Å². The van der Waals surface area contributed by atoms with Crippen LogP contribution in [-0.4, -0.2) is 30.1 Å². The highest BCUT2D eigenvalue weighted by atomic mass is 16.5. The van der Waals surface area contributed by atoms with Crippen LogP contribution < -0.4 is 16.8 Å². The molecular formula is C13H22N4O2. The molecule has 0 aliphatic rings. The summed E-state index contributed by atoms with van der Waals surface area (Å²) in [7, 11) is 0. The Labute approximate surface area is 113 Å². The Hall–Kier alpha value is -1.82. The Morgan fingerprint density at radius 3 is 2.79 bits per heavy atom. The van der Waals surface area contributed by atoms with Crippen LogP contribution >= 0.6 is 0 Å². The number of nitrogens with two attached hydrogens (primary N) is 2. The topological polar surface area (TPSA) is 103 Å². The van der Waals surface area contributed by atoms with Gasteiger partial charge in [-0.3, -0.25) is 4.79 Å². The number of nitrogen functional groups attached to an aromatic ring is 1. The molecule has 1 heterocycles. The summed E-state index contributed by atoms with van der Waals surface area (Å²) in [4.78, 5) is 15.1. The molecule has 1 amide bonds. The molecule has 0 aromatic carbocycles. The molecule has 0 bridgehead atoms. The fourth-order valence-corrected chi connectivity index (χ4v) is 1.50. The average molecular weight is 266 g/mol. The first kappa shape index (κ1) is 15.2. The number of primary amides is 1. The van der Waals surface area contributed by atoms with Gasteiger partial charge in [0.2, 0.25) is 0 Å². The molecule has 5 N–H and O–H groups in total. The Bertz CT molecular complexity index is 421. The fraction of sp³-hybridized carbons (Fsp3) is 0.538. The molecule has 0 fully saturated rings. The van der Waals surface area contributed by atoms with Crippen molar-refractivity contribution in [1.29, 1.82) is 0 Å². The van der Waals surface area contributed by atoms with Gasteiger partial charge in [0.15, 0.2) is 0 Å². The summed E-state index contributed by atoms with van der Waals surface area (Å²) in [6, 6.07) is 3.14. The van der Waals surface area contributed by atoms with E-state index in [2.05, 4.69) is 10.3 Å². The summed E-state index contributed by atoms with van der Waals surface area (Å²) in [6.07, 6.45) is 2.16. The Balaban J connectivity index is 2.36. The molecule has 0 aliphatic heterocycles. The van der Waals surface area contributed by atoms with Crippen molar-refractivity contribution in [2.45, 2.75) is 32.8 Å². The molecule has 0 radical (unpaired) electrons. The number of rotatable bonds is 8. The highest BCUT2D eigenvalue weighted by Crippen LogP contribution is 2.15. The van der Waals surface area contributed by atoms with Crippen LogP contribution in [0.2, 0.25) is 0 Å². The number of hydrogen-bond acceptors (Lipinski definition) is 5. The van der Waals surface area contributed by atoms with E-state index in [9.17, 15) is 4.79 Å². The lowest BCUT2D eigenvalue weighted by Gasteiger charge is -2.10. The number of carbonyl (C=O) groups excluding carboxylic acids is 1. The number of unbranched alkanes of at least 4 members (excludes halogenated alkanes) is 1. The van der Waals surface area contributed by atoms with E-state index in [1.807, 2.05) is 13.8 Å². The Morgan fingerprint density at radius 2 is 2.16 bits per heavy atom. The molecule has 0 atom stereocenters. The van der Waals surface area contributed by atoms with Crippen LogP contribution in [0.3, 0.4) is 0 Å². The Morgan fingerprint density at radius 1 is 1.42 bits per heavy atom. The SMILES string of the molecule is CC(C)OCCCCNc1nc(C(N)=O)ccc1N. The first-order chi connectivity index (χ1) is 9.00. The molecule has 0 saturated carbocycles. The molecule has 1 rings (SSSR count). The lowest BCUT2D eigenvalue weighted by Crippen LogP contribution is -2.15. The van der Waals surface area contributed by atoms with Crippen LogP contribution in [0, 0.1) is 0 Å². The van der Waals surface area contributed by atoms with Crippen molar-refractivity contribution >= 4 is 17.4 Å². The van der Waals surface area contributed by atoms with E-state index in [0.717, 1.165) is 26.0 Å². The number of ether oxygens (including phenoxy) is 1. The molecule has 1 aromatic rings. The van der Waals surface area contributed by atoms with Crippen LogP contribution in [0.4, 0.5) is 11.5 Å². The number of hydrogen-bond donors (Lipinski definition) is 3. The molecule has 106 valence electrons. The van der Waals surface area contributed by atoms with Gasteiger partial charge in [0.05, 0.1) is 11.8 Å². The van der Waals surface area contributed by atoms with Crippen molar-refractivity contribution in [1.82, 2.24) is 4.98 Å². The molecule has 1 aromatic heterocycles. The van der Waals surface area contributed by atoms with Crippen LogP contribution in [0.5, 0.6) is 0 Å². The Kier molecular flexibility index (Phi) is 6.08. The van der Waals surface area contributed by atoms with Crippen LogP contribution in [0.1, 0.15) is 37.2 Å². The van der Waals surface area contributed by atoms with E-state index >= 15 is 0 Å². The number of amides is 1. The molecular weight excluding hydrogens is 244 g/mol. The molecule has 0 saturated heterocycles. The van der Waals surface area contributed by atoms with Crippen molar-refractivity contribution in [3.05, 3.63) is 17.8 Å². The minimum absolute atomic E-state index is 0.208. The predicted molar refractivity (Wildman–Crippen MR) is 76.0 cm³/mol. The average Bonchev–Trinajstić information content (AvgIpc) is 2.34. The lowest BCUT2D eigenvalue weighted by molar-refractivity contribution is 0.0765. The van der Waals surface area contributed by atoms with Crippen molar-refractivity contribution < 1.29 is 9.53 Å². The van der Waals surface area contributed by atoms with Gasteiger partial charge >= 0.3 is 0 Å². The maximum atomic E-state index is 11.0. The summed E-state index contributed by atoms with van der Waals surface area (Å²) >= 11 is 0. The smallest absolute Gasteiger partial charge is 0.267 e. The second kappa shape index (κ2) is 7.58. The van der Waals surface area contributed by atoms with E-state index in [0.29, 0.717) is 11.5 Å². The van der Waals surface area contributed by atoms with E-state index in [1.54, 1.807) is 6.07 Å². The zero-order valence-electron chi connectivity index (χ0n) is 11.5. The van der Waals surface area contributed by atoms with Crippen molar-refractivity contribution in [3.8, 4) is 0 Å². The zero-order chi connectivity index (χ0) is 14.3. The van der Waals surface area contributed by atoms with Gasteiger partial charge in [0.1, 0.15) is 11.5 Å². The normalized spacial score (nSPS) is 10.7. The fourth-order valence-electron chi connectivity index (χ4n) is 1.50. The number of pyridine rings is 1. The minimum atomic E-state index is -0.562. The van der Waals surface area contributed by atoms with Gasteiger partial charge in [-0.25, -0.2) is 4.98 Å². The third-order valence-electron chi connectivity index (χ3n) is 2.49. The monoisotopic (exact) mass is 266 g/mol. The number of nitrogens with zero attached hydrogens (tertiary/aromatic N) is 1.